The first-order chi connectivity index (χ1) is 8.43. The second-order valence-electron chi connectivity index (χ2n) is 4.88. The number of carbonyl (C=O) groups is 1. The molecule has 106 valence electrons. The molecule has 2 N–H and O–H groups in total. The van der Waals surface area contributed by atoms with Gasteiger partial charge in [-0.25, -0.2) is 4.79 Å². The van der Waals surface area contributed by atoms with E-state index in [-0.39, 0.29) is 10.0 Å². The van der Waals surface area contributed by atoms with E-state index in [1.54, 1.807) is 20.8 Å². The first-order valence-electron chi connectivity index (χ1n) is 5.32. The molecule has 0 aliphatic rings. The summed E-state index contributed by atoms with van der Waals surface area (Å²) in [5.74, 6) is -0.886. The van der Waals surface area contributed by atoms with E-state index in [1.165, 1.54) is 6.07 Å². The van der Waals surface area contributed by atoms with Crippen LogP contribution >= 0.6 is 15.9 Å². The van der Waals surface area contributed by atoms with Crippen molar-refractivity contribution in [3.05, 3.63) is 27.7 Å². The van der Waals surface area contributed by atoms with Crippen molar-refractivity contribution in [2.75, 3.05) is 5.73 Å². The smallest absolute Gasteiger partial charge is 0.419 e. The van der Waals surface area contributed by atoms with Gasteiger partial charge in [0.1, 0.15) is 5.60 Å². The van der Waals surface area contributed by atoms with Gasteiger partial charge in [0.2, 0.25) is 0 Å². The lowest BCUT2D eigenvalue weighted by atomic mass is 10.1. The Morgan fingerprint density at radius 1 is 1.26 bits per heavy atom. The van der Waals surface area contributed by atoms with Gasteiger partial charge in [-0.1, -0.05) is 15.9 Å². The van der Waals surface area contributed by atoms with Crippen LogP contribution in [0, 0.1) is 0 Å². The number of nitrogens with two attached hydrogens (primary N) is 1. The molecule has 1 rings (SSSR count). The van der Waals surface area contributed by atoms with Crippen LogP contribution in [0.25, 0.3) is 0 Å². The summed E-state index contributed by atoms with van der Waals surface area (Å²) in [5.41, 5.74) is 2.61. The molecule has 0 aliphatic heterocycles. The van der Waals surface area contributed by atoms with E-state index in [2.05, 4.69) is 15.9 Å². The molecule has 0 aromatic heterocycles. The van der Waals surface area contributed by atoms with E-state index in [4.69, 9.17) is 10.5 Å². The molecular formula is C12H13BrF3NO2. The zero-order valence-electron chi connectivity index (χ0n) is 10.6. The molecule has 7 heteroatoms. The molecule has 0 atom stereocenters. The van der Waals surface area contributed by atoms with E-state index in [9.17, 15) is 18.0 Å². The van der Waals surface area contributed by atoms with Gasteiger partial charge in [-0.2, -0.15) is 13.2 Å². The highest BCUT2D eigenvalue weighted by atomic mass is 79.9. The minimum atomic E-state index is -4.65. The Kier molecular flexibility index (Phi) is 4.19. The van der Waals surface area contributed by atoms with Gasteiger partial charge in [-0.15, -0.1) is 0 Å². The fraction of sp³-hybridized carbons (Fsp3) is 0.417. The average Bonchev–Trinajstić information content (AvgIpc) is 2.11. The normalized spacial score (nSPS) is 12.4. The van der Waals surface area contributed by atoms with Crippen LogP contribution < -0.4 is 5.73 Å². The van der Waals surface area contributed by atoms with Gasteiger partial charge >= 0.3 is 12.1 Å². The SMILES string of the molecule is CC(C)(C)OC(=O)c1ccc(Br)c(C(F)(F)F)c1N. The predicted molar refractivity (Wildman–Crippen MR) is 68.7 cm³/mol. The van der Waals surface area contributed by atoms with E-state index >= 15 is 0 Å². The molecule has 0 saturated carbocycles. The van der Waals surface area contributed by atoms with Gasteiger partial charge in [0.05, 0.1) is 16.8 Å². The molecule has 1 aromatic rings. The van der Waals surface area contributed by atoms with Gasteiger partial charge in [0, 0.05) is 4.47 Å². The number of rotatable bonds is 1. The fourth-order valence-electron chi connectivity index (χ4n) is 1.39. The molecule has 0 saturated heterocycles. The molecular weight excluding hydrogens is 327 g/mol. The number of nitrogen functional groups attached to an aromatic ring is 1. The van der Waals surface area contributed by atoms with E-state index in [1.807, 2.05) is 0 Å². The number of benzene rings is 1. The Morgan fingerprint density at radius 2 is 1.79 bits per heavy atom. The maximum Gasteiger partial charge on any atom is 0.419 e. The third-order valence-electron chi connectivity index (χ3n) is 2.10. The van der Waals surface area contributed by atoms with Crippen molar-refractivity contribution in [3.63, 3.8) is 0 Å². The molecule has 3 nitrogen and oxygen atoms in total. The Bertz CT molecular complexity index is 507. The minimum absolute atomic E-state index is 0.218. The summed E-state index contributed by atoms with van der Waals surface area (Å²) in [4.78, 5) is 11.8. The lowest BCUT2D eigenvalue weighted by molar-refractivity contribution is -0.137. The second kappa shape index (κ2) is 5.03. The molecule has 0 radical (unpaired) electrons. The Hall–Kier alpha value is -1.24. The number of alkyl halides is 3. The molecule has 0 amide bonds. The number of anilines is 1. The van der Waals surface area contributed by atoms with Gasteiger partial charge < -0.3 is 10.5 Å². The number of ether oxygens (including phenoxy) is 1. The van der Waals surface area contributed by atoms with Crippen molar-refractivity contribution >= 4 is 27.6 Å². The first kappa shape index (κ1) is 15.8. The monoisotopic (exact) mass is 339 g/mol. The van der Waals surface area contributed by atoms with Crippen molar-refractivity contribution in [1.82, 2.24) is 0 Å². The molecule has 0 bridgehead atoms. The quantitative estimate of drug-likeness (QED) is 0.621. The molecule has 1 aromatic carbocycles. The minimum Gasteiger partial charge on any atom is -0.456 e. The third-order valence-corrected chi connectivity index (χ3v) is 2.76. The number of carbonyl (C=O) groups excluding carboxylic acids is 1. The number of hydrogen-bond donors (Lipinski definition) is 1. The van der Waals surface area contributed by atoms with Crippen molar-refractivity contribution < 1.29 is 22.7 Å². The predicted octanol–water partition coefficient (Wildman–Crippen LogP) is 4.01. The van der Waals surface area contributed by atoms with Crippen LogP contribution in [0.5, 0.6) is 0 Å². The first-order valence-corrected chi connectivity index (χ1v) is 6.11. The molecule has 0 fully saturated rings. The Labute approximate surface area is 117 Å². The van der Waals surface area contributed by atoms with Gasteiger partial charge in [0.25, 0.3) is 0 Å². The van der Waals surface area contributed by atoms with Crippen LogP contribution in [-0.2, 0) is 10.9 Å². The Balaban J connectivity index is 3.29. The topological polar surface area (TPSA) is 52.3 Å². The lowest BCUT2D eigenvalue weighted by Crippen LogP contribution is -2.25. The van der Waals surface area contributed by atoms with Crippen LogP contribution in [0.3, 0.4) is 0 Å². The zero-order chi connectivity index (χ0) is 15.0. The van der Waals surface area contributed by atoms with Crippen LogP contribution in [-0.4, -0.2) is 11.6 Å². The second-order valence-corrected chi connectivity index (χ2v) is 5.74. The largest absolute Gasteiger partial charge is 0.456 e. The zero-order valence-corrected chi connectivity index (χ0v) is 12.1. The standard InChI is InChI=1S/C12H13BrF3NO2/c1-11(2,3)19-10(18)6-4-5-7(13)8(9(6)17)12(14,15)16/h4-5H,17H2,1-3H3. The van der Waals surface area contributed by atoms with Crippen molar-refractivity contribution in [1.29, 1.82) is 0 Å². The van der Waals surface area contributed by atoms with Crippen molar-refractivity contribution in [3.8, 4) is 0 Å². The average molecular weight is 340 g/mol. The summed E-state index contributed by atoms with van der Waals surface area (Å²) in [5, 5.41) is 0. The van der Waals surface area contributed by atoms with Gasteiger partial charge in [0.15, 0.2) is 0 Å². The van der Waals surface area contributed by atoms with Crippen LogP contribution in [0.2, 0.25) is 0 Å². The maximum atomic E-state index is 12.8. The number of halogens is 4. The number of esters is 1. The lowest BCUT2D eigenvalue weighted by Gasteiger charge is -2.21. The molecule has 0 aliphatic carbocycles. The molecule has 0 spiro atoms. The highest BCUT2D eigenvalue weighted by Crippen LogP contribution is 2.40. The highest BCUT2D eigenvalue weighted by molar-refractivity contribution is 9.10. The molecule has 19 heavy (non-hydrogen) atoms. The van der Waals surface area contributed by atoms with Crippen LogP contribution in [0.4, 0.5) is 18.9 Å². The van der Waals surface area contributed by atoms with E-state index in [0.29, 0.717) is 0 Å². The van der Waals surface area contributed by atoms with Crippen molar-refractivity contribution in [2.45, 2.75) is 32.5 Å². The highest BCUT2D eigenvalue weighted by Gasteiger charge is 2.37. The van der Waals surface area contributed by atoms with Crippen LogP contribution in [0.1, 0.15) is 36.7 Å². The van der Waals surface area contributed by atoms with E-state index in [0.717, 1.165) is 6.07 Å². The van der Waals surface area contributed by atoms with Gasteiger partial charge in [-0.3, -0.25) is 0 Å². The summed E-state index contributed by atoms with van der Waals surface area (Å²) in [7, 11) is 0. The maximum absolute atomic E-state index is 12.8. The third kappa shape index (κ3) is 3.86. The van der Waals surface area contributed by atoms with Crippen molar-refractivity contribution in [2.24, 2.45) is 0 Å². The summed E-state index contributed by atoms with van der Waals surface area (Å²) in [6, 6.07) is 2.32. The van der Waals surface area contributed by atoms with E-state index < -0.39 is 29.0 Å². The molecule has 0 heterocycles. The molecule has 0 unspecified atom stereocenters. The Morgan fingerprint density at radius 3 is 2.21 bits per heavy atom. The van der Waals surface area contributed by atoms with Crippen LogP contribution in [0.15, 0.2) is 16.6 Å². The number of hydrogen-bond acceptors (Lipinski definition) is 3. The summed E-state index contributed by atoms with van der Waals surface area (Å²) in [6.45, 7) is 4.85. The summed E-state index contributed by atoms with van der Waals surface area (Å²) in [6.07, 6.45) is -4.65. The summed E-state index contributed by atoms with van der Waals surface area (Å²) >= 11 is 2.78. The fourth-order valence-corrected chi connectivity index (χ4v) is 1.96. The summed E-state index contributed by atoms with van der Waals surface area (Å²) < 4.78 is 43.3. The van der Waals surface area contributed by atoms with Gasteiger partial charge in [-0.05, 0) is 32.9 Å².